The van der Waals surface area contributed by atoms with Crippen molar-refractivity contribution in [2.24, 2.45) is 0 Å². The molecule has 0 radical (unpaired) electrons. The van der Waals surface area contributed by atoms with Gasteiger partial charge in [0.05, 0.1) is 18.2 Å². The Labute approximate surface area is 124 Å². The number of alkyl halides is 3. The molecular formula is C16H11F3O3. The first-order valence-electron chi connectivity index (χ1n) is 6.22. The second kappa shape index (κ2) is 6.01. The van der Waals surface area contributed by atoms with Crippen LogP contribution in [0.1, 0.15) is 26.3 Å². The standard InChI is InChI=1S/C16H11F3O3/c1-22-15(21)11-4-2-10(3-5-11)14-8-13(16(17,18)19)7-6-12(14)9-20/h2-9H,1H3. The van der Waals surface area contributed by atoms with Crippen LogP contribution < -0.4 is 0 Å². The van der Waals surface area contributed by atoms with Crippen molar-refractivity contribution in [1.82, 2.24) is 0 Å². The number of benzene rings is 2. The Morgan fingerprint density at radius 1 is 1.09 bits per heavy atom. The van der Waals surface area contributed by atoms with Crippen LogP contribution >= 0.6 is 0 Å². The Morgan fingerprint density at radius 2 is 1.73 bits per heavy atom. The summed E-state index contributed by atoms with van der Waals surface area (Å²) in [7, 11) is 1.23. The number of carbonyl (C=O) groups is 2. The maximum Gasteiger partial charge on any atom is 0.416 e. The molecule has 114 valence electrons. The van der Waals surface area contributed by atoms with Crippen molar-refractivity contribution in [2.45, 2.75) is 6.18 Å². The van der Waals surface area contributed by atoms with E-state index in [9.17, 15) is 22.8 Å². The lowest BCUT2D eigenvalue weighted by molar-refractivity contribution is -0.137. The molecule has 2 aromatic rings. The van der Waals surface area contributed by atoms with Crippen LogP contribution in [0, 0.1) is 0 Å². The van der Waals surface area contributed by atoms with Gasteiger partial charge in [0.15, 0.2) is 6.29 Å². The maximum absolute atomic E-state index is 12.8. The van der Waals surface area contributed by atoms with Gasteiger partial charge in [-0.2, -0.15) is 13.2 Å². The van der Waals surface area contributed by atoms with Gasteiger partial charge in [0.2, 0.25) is 0 Å². The van der Waals surface area contributed by atoms with Gasteiger partial charge >= 0.3 is 12.1 Å². The molecule has 0 atom stereocenters. The van der Waals surface area contributed by atoms with Crippen LogP contribution in [0.3, 0.4) is 0 Å². The summed E-state index contributed by atoms with van der Waals surface area (Å²) < 4.78 is 42.9. The normalized spacial score (nSPS) is 11.1. The molecule has 0 saturated heterocycles. The highest BCUT2D eigenvalue weighted by atomic mass is 19.4. The summed E-state index contributed by atoms with van der Waals surface area (Å²) in [6.07, 6.45) is -4.01. The minimum Gasteiger partial charge on any atom is -0.465 e. The molecule has 0 fully saturated rings. The van der Waals surface area contributed by atoms with Crippen LogP contribution in [0.2, 0.25) is 0 Å². The van der Waals surface area contributed by atoms with Crippen molar-refractivity contribution in [1.29, 1.82) is 0 Å². The monoisotopic (exact) mass is 308 g/mol. The molecule has 0 saturated carbocycles. The van der Waals surface area contributed by atoms with Crippen molar-refractivity contribution < 1.29 is 27.5 Å². The van der Waals surface area contributed by atoms with Crippen molar-refractivity contribution in [3.8, 4) is 11.1 Å². The van der Waals surface area contributed by atoms with Crippen molar-refractivity contribution in [3.05, 3.63) is 59.2 Å². The largest absolute Gasteiger partial charge is 0.465 e. The molecular weight excluding hydrogens is 297 g/mol. The molecule has 0 aliphatic carbocycles. The number of carbonyl (C=O) groups excluding carboxylic acids is 2. The zero-order chi connectivity index (χ0) is 16.3. The van der Waals surface area contributed by atoms with E-state index in [0.717, 1.165) is 18.2 Å². The zero-order valence-corrected chi connectivity index (χ0v) is 11.5. The molecule has 0 N–H and O–H groups in total. The molecule has 6 heteroatoms. The number of rotatable bonds is 3. The van der Waals surface area contributed by atoms with Gasteiger partial charge in [0.1, 0.15) is 0 Å². The molecule has 0 amide bonds. The predicted molar refractivity (Wildman–Crippen MR) is 73.6 cm³/mol. The lowest BCUT2D eigenvalue weighted by Gasteiger charge is -2.11. The van der Waals surface area contributed by atoms with E-state index in [4.69, 9.17) is 0 Å². The van der Waals surface area contributed by atoms with E-state index in [-0.39, 0.29) is 16.7 Å². The first-order chi connectivity index (χ1) is 10.4. The van der Waals surface area contributed by atoms with Gasteiger partial charge in [0.25, 0.3) is 0 Å². The topological polar surface area (TPSA) is 43.4 Å². The highest BCUT2D eigenvalue weighted by molar-refractivity contribution is 5.91. The van der Waals surface area contributed by atoms with E-state index in [0.29, 0.717) is 11.8 Å². The Bertz CT molecular complexity index is 704. The summed E-state index contributed by atoms with van der Waals surface area (Å²) in [6.45, 7) is 0. The number of ether oxygens (including phenoxy) is 1. The third-order valence-corrected chi connectivity index (χ3v) is 3.12. The van der Waals surface area contributed by atoms with Crippen LogP contribution in [0.5, 0.6) is 0 Å². The molecule has 0 aliphatic heterocycles. The average Bonchev–Trinajstić information content (AvgIpc) is 2.52. The van der Waals surface area contributed by atoms with E-state index in [1.165, 1.54) is 31.4 Å². The Balaban J connectivity index is 2.50. The van der Waals surface area contributed by atoms with Crippen LogP contribution in [0.25, 0.3) is 11.1 Å². The third kappa shape index (κ3) is 3.16. The Hall–Kier alpha value is -2.63. The first kappa shape index (κ1) is 15.8. The summed E-state index contributed by atoms with van der Waals surface area (Å²) in [5.41, 5.74) is 0.122. The van der Waals surface area contributed by atoms with Crippen molar-refractivity contribution in [2.75, 3.05) is 7.11 Å². The zero-order valence-electron chi connectivity index (χ0n) is 11.5. The summed E-state index contributed by atoms with van der Waals surface area (Å²) in [6, 6.07) is 8.68. The summed E-state index contributed by atoms with van der Waals surface area (Å²) in [5, 5.41) is 0. The van der Waals surface area contributed by atoms with Crippen LogP contribution in [-0.4, -0.2) is 19.4 Å². The Kier molecular flexibility index (Phi) is 4.30. The van der Waals surface area contributed by atoms with Gasteiger partial charge in [-0.05, 0) is 35.4 Å². The fourth-order valence-electron chi connectivity index (χ4n) is 1.99. The molecule has 0 spiro atoms. The van der Waals surface area contributed by atoms with Gasteiger partial charge in [0, 0.05) is 5.56 Å². The average molecular weight is 308 g/mol. The quantitative estimate of drug-likeness (QED) is 0.636. The number of esters is 1. The molecule has 2 rings (SSSR count). The van der Waals surface area contributed by atoms with Crippen LogP contribution in [0.15, 0.2) is 42.5 Å². The molecule has 0 bridgehead atoms. The molecule has 0 aliphatic rings. The van der Waals surface area contributed by atoms with Crippen LogP contribution in [-0.2, 0) is 10.9 Å². The highest BCUT2D eigenvalue weighted by Crippen LogP contribution is 2.33. The minimum atomic E-state index is -4.50. The molecule has 0 unspecified atom stereocenters. The lowest BCUT2D eigenvalue weighted by Crippen LogP contribution is -2.06. The van der Waals surface area contributed by atoms with Gasteiger partial charge < -0.3 is 4.74 Å². The van der Waals surface area contributed by atoms with E-state index in [1.807, 2.05) is 0 Å². The lowest BCUT2D eigenvalue weighted by atomic mass is 9.97. The fourth-order valence-corrected chi connectivity index (χ4v) is 1.99. The number of methoxy groups -OCH3 is 1. The second-order valence-corrected chi connectivity index (χ2v) is 4.49. The highest BCUT2D eigenvalue weighted by Gasteiger charge is 2.31. The van der Waals surface area contributed by atoms with Gasteiger partial charge in [-0.25, -0.2) is 4.79 Å². The number of aldehydes is 1. The van der Waals surface area contributed by atoms with Gasteiger partial charge in [-0.1, -0.05) is 18.2 Å². The minimum absolute atomic E-state index is 0.138. The second-order valence-electron chi connectivity index (χ2n) is 4.49. The fraction of sp³-hybridized carbons (Fsp3) is 0.125. The number of hydrogen-bond acceptors (Lipinski definition) is 3. The van der Waals surface area contributed by atoms with Crippen LogP contribution in [0.4, 0.5) is 13.2 Å². The SMILES string of the molecule is COC(=O)c1ccc(-c2cc(C(F)(F)F)ccc2C=O)cc1. The molecule has 3 nitrogen and oxygen atoms in total. The van der Waals surface area contributed by atoms with Crippen molar-refractivity contribution >= 4 is 12.3 Å². The summed E-state index contributed by atoms with van der Waals surface area (Å²) in [4.78, 5) is 22.4. The Morgan fingerprint density at radius 3 is 2.23 bits per heavy atom. The van der Waals surface area contributed by atoms with E-state index in [2.05, 4.69) is 4.74 Å². The molecule has 22 heavy (non-hydrogen) atoms. The third-order valence-electron chi connectivity index (χ3n) is 3.12. The van der Waals surface area contributed by atoms with E-state index >= 15 is 0 Å². The maximum atomic E-state index is 12.8. The smallest absolute Gasteiger partial charge is 0.416 e. The van der Waals surface area contributed by atoms with Crippen molar-refractivity contribution in [3.63, 3.8) is 0 Å². The summed E-state index contributed by atoms with van der Waals surface area (Å²) >= 11 is 0. The van der Waals surface area contributed by atoms with Gasteiger partial charge in [-0.15, -0.1) is 0 Å². The van der Waals surface area contributed by atoms with Gasteiger partial charge in [-0.3, -0.25) is 4.79 Å². The molecule has 0 heterocycles. The van der Waals surface area contributed by atoms with E-state index in [1.54, 1.807) is 0 Å². The number of halogens is 3. The predicted octanol–water partition coefficient (Wildman–Crippen LogP) is 3.97. The van der Waals surface area contributed by atoms with E-state index < -0.39 is 17.7 Å². The molecule has 0 aromatic heterocycles. The summed E-state index contributed by atoms with van der Waals surface area (Å²) in [5.74, 6) is -0.550. The number of hydrogen-bond donors (Lipinski definition) is 0. The molecule has 2 aromatic carbocycles. The first-order valence-corrected chi connectivity index (χ1v) is 6.22.